The number of esters is 1. The molecule has 1 aromatic heterocycles. The van der Waals surface area contributed by atoms with Crippen LogP contribution in [0.4, 0.5) is 0 Å². The highest BCUT2D eigenvalue weighted by Crippen LogP contribution is 2.32. The molecule has 0 spiro atoms. The molecule has 1 N–H and O–H groups in total. The van der Waals surface area contributed by atoms with E-state index in [-0.39, 0.29) is 5.91 Å². The lowest BCUT2D eigenvalue weighted by atomic mass is 9.84. The number of rotatable bonds is 6. The minimum atomic E-state index is -0.837. The first-order valence-electron chi connectivity index (χ1n) is 11.6. The summed E-state index contributed by atoms with van der Waals surface area (Å²) >= 11 is 0. The molecule has 5 nitrogen and oxygen atoms in total. The number of benzene rings is 1. The number of nitrogens with zero attached hydrogens (tertiary/aromatic N) is 1. The lowest BCUT2D eigenvalue weighted by Crippen LogP contribution is -2.36. The van der Waals surface area contributed by atoms with Crippen LogP contribution >= 0.6 is 0 Å². The molecular weight excluding hydrogens is 388 g/mol. The van der Waals surface area contributed by atoms with Crippen molar-refractivity contribution in [3.63, 3.8) is 0 Å². The molecule has 164 valence electrons. The van der Waals surface area contributed by atoms with Gasteiger partial charge in [0.2, 0.25) is 0 Å². The van der Waals surface area contributed by atoms with Crippen molar-refractivity contribution in [1.82, 2.24) is 10.3 Å². The van der Waals surface area contributed by atoms with Crippen molar-refractivity contribution in [2.75, 3.05) is 6.54 Å². The van der Waals surface area contributed by atoms with E-state index < -0.39 is 12.1 Å². The minimum Gasteiger partial charge on any atom is -0.449 e. The van der Waals surface area contributed by atoms with E-state index >= 15 is 0 Å². The second-order valence-electron chi connectivity index (χ2n) is 8.97. The van der Waals surface area contributed by atoms with E-state index in [2.05, 4.69) is 18.3 Å². The molecule has 2 aromatic rings. The number of allylic oxidation sites excluding steroid dienone is 1. The SMILES string of the molecule is CC1CCc2nc3ccccc3c(C(=O)OC(C)C(=O)NCCC3=CCCCC3)c2C1. The van der Waals surface area contributed by atoms with Crippen LogP contribution in [0.25, 0.3) is 10.9 Å². The fourth-order valence-corrected chi connectivity index (χ4v) is 4.69. The van der Waals surface area contributed by atoms with E-state index in [0.717, 1.165) is 60.7 Å². The van der Waals surface area contributed by atoms with Crippen LogP contribution in [0.5, 0.6) is 0 Å². The molecule has 0 fully saturated rings. The summed E-state index contributed by atoms with van der Waals surface area (Å²) < 4.78 is 5.66. The summed E-state index contributed by atoms with van der Waals surface area (Å²) in [6.07, 6.45) is 9.83. The van der Waals surface area contributed by atoms with Crippen molar-refractivity contribution in [3.8, 4) is 0 Å². The zero-order chi connectivity index (χ0) is 21.8. The van der Waals surface area contributed by atoms with Crippen LogP contribution in [0.1, 0.15) is 74.0 Å². The van der Waals surface area contributed by atoms with Crippen LogP contribution < -0.4 is 5.32 Å². The Kier molecular flexibility index (Phi) is 6.69. The van der Waals surface area contributed by atoms with Gasteiger partial charge in [0.15, 0.2) is 6.10 Å². The first-order chi connectivity index (χ1) is 15.0. The van der Waals surface area contributed by atoms with E-state index in [1.165, 1.54) is 18.4 Å². The van der Waals surface area contributed by atoms with Crippen molar-refractivity contribution in [2.24, 2.45) is 5.92 Å². The molecule has 2 unspecified atom stereocenters. The molecule has 4 rings (SSSR count). The van der Waals surface area contributed by atoms with Crippen LogP contribution in [-0.2, 0) is 22.4 Å². The maximum absolute atomic E-state index is 13.2. The molecule has 5 heteroatoms. The molecule has 0 saturated heterocycles. The average Bonchev–Trinajstić information content (AvgIpc) is 2.78. The maximum atomic E-state index is 13.2. The second-order valence-corrected chi connectivity index (χ2v) is 8.97. The van der Waals surface area contributed by atoms with Gasteiger partial charge in [0.25, 0.3) is 5.91 Å². The van der Waals surface area contributed by atoms with Crippen LogP contribution in [0.3, 0.4) is 0 Å². The Balaban J connectivity index is 1.47. The van der Waals surface area contributed by atoms with Crippen molar-refractivity contribution < 1.29 is 14.3 Å². The Labute approximate surface area is 184 Å². The van der Waals surface area contributed by atoms with Gasteiger partial charge >= 0.3 is 5.97 Å². The lowest BCUT2D eigenvalue weighted by molar-refractivity contribution is -0.129. The number of pyridine rings is 1. The van der Waals surface area contributed by atoms with Gasteiger partial charge in [-0.15, -0.1) is 0 Å². The van der Waals surface area contributed by atoms with Crippen LogP contribution in [0, 0.1) is 5.92 Å². The zero-order valence-electron chi connectivity index (χ0n) is 18.6. The van der Waals surface area contributed by atoms with E-state index in [1.54, 1.807) is 6.92 Å². The van der Waals surface area contributed by atoms with Gasteiger partial charge < -0.3 is 10.1 Å². The van der Waals surface area contributed by atoms with Crippen molar-refractivity contribution in [1.29, 1.82) is 0 Å². The fourth-order valence-electron chi connectivity index (χ4n) is 4.69. The summed E-state index contributed by atoms with van der Waals surface area (Å²) in [7, 11) is 0. The zero-order valence-corrected chi connectivity index (χ0v) is 18.6. The minimum absolute atomic E-state index is 0.245. The third-order valence-corrected chi connectivity index (χ3v) is 6.49. The quantitative estimate of drug-likeness (QED) is 0.532. The summed E-state index contributed by atoms with van der Waals surface area (Å²) in [6, 6.07) is 7.69. The topological polar surface area (TPSA) is 68.3 Å². The molecule has 31 heavy (non-hydrogen) atoms. The monoisotopic (exact) mass is 420 g/mol. The Morgan fingerprint density at radius 2 is 2.06 bits per heavy atom. The second kappa shape index (κ2) is 9.63. The number of hydrogen-bond donors (Lipinski definition) is 1. The smallest absolute Gasteiger partial charge is 0.339 e. The fraction of sp³-hybridized carbons (Fsp3) is 0.500. The number of aromatic nitrogens is 1. The number of carbonyl (C=O) groups excluding carboxylic acids is 2. The summed E-state index contributed by atoms with van der Waals surface area (Å²) in [5.74, 6) is -0.177. The first-order valence-corrected chi connectivity index (χ1v) is 11.6. The predicted molar refractivity (Wildman–Crippen MR) is 122 cm³/mol. The number of hydrogen-bond acceptors (Lipinski definition) is 4. The van der Waals surface area contributed by atoms with Crippen LogP contribution in [0.2, 0.25) is 0 Å². The van der Waals surface area contributed by atoms with Gasteiger partial charge in [0.05, 0.1) is 11.1 Å². The van der Waals surface area contributed by atoms with Crippen LogP contribution in [0.15, 0.2) is 35.9 Å². The molecule has 0 aliphatic heterocycles. The Hall–Kier alpha value is -2.69. The van der Waals surface area contributed by atoms with E-state index in [0.29, 0.717) is 18.0 Å². The van der Waals surface area contributed by atoms with Gasteiger partial charge in [-0.25, -0.2) is 4.79 Å². The Morgan fingerprint density at radius 1 is 1.23 bits per heavy atom. The van der Waals surface area contributed by atoms with Crippen molar-refractivity contribution in [3.05, 3.63) is 52.7 Å². The molecule has 1 aromatic carbocycles. The predicted octanol–water partition coefficient (Wildman–Crippen LogP) is 4.91. The van der Waals surface area contributed by atoms with Gasteiger partial charge in [-0.05, 0) is 75.8 Å². The normalized spacial score (nSPS) is 19.3. The Bertz CT molecular complexity index is 1010. The number of amides is 1. The highest BCUT2D eigenvalue weighted by molar-refractivity contribution is 6.05. The maximum Gasteiger partial charge on any atom is 0.339 e. The molecule has 0 radical (unpaired) electrons. The number of aryl methyl sites for hydroxylation is 1. The largest absolute Gasteiger partial charge is 0.449 e. The summed E-state index contributed by atoms with van der Waals surface area (Å²) in [4.78, 5) is 30.6. The lowest BCUT2D eigenvalue weighted by Gasteiger charge is -2.24. The average molecular weight is 421 g/mol. The highest BCUT2D eigenvalue weighted by Gasteiger charge is 2.28. The van der Waals surface area contributed by atoms with Gasteiger partial charge in [-0.3, -0.25) is 9.78 Å². The summed E-state index contributed by atoms with van der Waals surface area (Å²) in [5, 5.41) is 3.73. The van der Waals surface area contributed by atoms with E-state index in [9.17, 15) is 9.59 Å². The summed E-state index contributed by atoms with van der Waals surface area (Å²) in [6.45, 7) is 4.42. The molecule has 0 saturated carbocycles. The number of para-hydroxylation sites is 1. The highest BCUT2D eigenvalue weighted by atomic mass is 16.5. The van der Waals surface area contributed by atoms with Crippen LogP contribution in [-0.4, -0.2) is 29.5 Å². The third kappa shape index (κ3) is 4.97. The number of ether oxygens (including phenoxy) is 1. The first kappa shape index (κ1) is 21.5. The van der Waals surface area contributed by atoms with E-state index in [4.69, 9.17) is 9.72 Å². The standard InChI is InChI=1S/C26H32N2O3/c1-17-12-13-23-21(16-17)24(20-10-6-7-11-22(20)28-23)26(30)31-18(2)25(29)27-15-14-19-8-4-3-5-9-19/h6-8,10-11,17-18H,3-5,9,12-16H2,1-2H3,(H,27,29). The van der Waals surface area contributed by atoms with Crippen molar-refractivity contribution in [2.45, 2.75) is 71.3 Å². The third-order valence-electron chi connectivity index (χ3n) is 6.49. The molecule has 1 heterocycles. The van der Waals surface area contributed by atoms with Gasteiger partial charge in [-0.1, -0.05) is 36.8 Å². The molecule has 2 atom stereocenters. The van der Waals surface area contributed by atoms with E-state index in [1.807, 2.05) is 24.3 Å². The molecule has 0 bridgehead atoms. The number of fused-ring (bicyclic) bond motifs is 2. The molecule has 2 aliphatic rings. The Morgan fingerprint density at radius 3 is 2.87 bits per heavy atom. The van der Waals surface area contributed by atoms with Gasteiger partial charge in [0.1, 0.15) is 0 Å². The number of nitrogens with one attached hydrogen (secondary N) is 1. The van der Waals surface area contributed by atoms with Gasteiger partial charge in [-0.2, -0.15) is 0 Å². The number of carbonyl (C=O) groups is 2. The van der Waals surface area contributed by atoms with Crippen molar-refractivity contribution >= 4 is 22.8 Å². The molecule has 2 aliphatic carbocycles. The summed E-state index contributed by atoms with van der Waals surface area (Å²) in [5.41, 5.74) is 4.78. The van der Waals surface area contributed by atoms with Gasteiger partial charge in [0, 0.05) is 17.6 Å². The molecule has 1 amide bonds. The molecular formula is C26H32N2O3.